The number of aromatic nitrogens is 3. The number of carboxylic acid groups (broad SMARTS) is 1. The molecule has 2 aromatic rings. The summed E-state index contributed by atoms with van der Waals surface area (Å²) in [5.74, 6) is -0.862. The molecule has 1 N–H and O–H groups in total. The molecule has 1 saturated heterocycles. The molecule has 1 aliphatic heterocycles. The molecule has 0 aromatic carbocycles. The lowest BCUT2D eigenvalue weighted by molar-refractivity contribution is -0.149. The van der Waals surface area contributed by atoms with Gasteiger partial charge >= 0.3 is 5.97 Å². The normalized spacial score (nSPS) is 27.3. The summed E-state index contributed by atoms with van der Waals surface area (Å²) < 4.78 is 1.41. The first-order chi connectivity index (χ1) is 10.6. The van der Waals surface area contributed by atoms with Crippen LogP contribution in [0.25, 0.3) is 5.52 Å². The molecule has 114 valence electrons. The highest BCUT2D eigenvalue weighted by Gasteiger charge is 2.55. The molecular weight excluding hydrogens is 284 g/mol. The van der Waals surface area contributed by atoms with E-state index in [-0.39, 0.29) is 11.8 Å². The third kappa shape index (κ3) is 1.68. The van der Waals surface area contributed by atoms with Gasteiger partial charge in [0, 0.05) is 19.3 Å². The molecule has 0 spiro atoms. The molecule has 2 aliphatic rings. The molecule has 7 nitrogen and oxygen atoms in total. The van der Waals surface area contributed by atoms with E-state index < -0.39 is 11.4 Å². The topological polar surface area (TPSA) is 87.8 Å². The Labute approximate surface area is 126 Å². The van der Waals surface area contributed by atoms with Crippen molar-refractivity contribution in [2.75, 3.05) is 13.1 Å². The van der Waals surface area contributed by atoms with Crippen LogP contribution in [-0.4, -0.2) is 49.8 Å². The van der Waals surface area contributed by atoms with Gasteiger partial charge in [-0.2, -0.15) is 14.8 Å². The SMILES string of the molecule is O=C(c1cnn2ncccc12)N1C[C@@H]2CCC[C@@]2(C(=O)O)C1. The van der Waals surface area contributed by atoms with Gasteiger partial charge in [-0.1, -0.05) is 6.42 Å². The van der Waals surface area contributed by atoms with Crippen LogP contribution >= 0.6 is 0 Å². The number of rotatable bonds is 2. The van der Waals surface area contributed by atoms with Crippen LogP contribution in [0, 0.1) is 11.3 Å². The molecule has 0 radical (unpaired) electrons. The standard InChI is InChI=1S/C15H16N4O3/c20-13(11-7-17-19-12(11)4-2-6-16-19)18-8-10-3-1-5-15(10,9-18)14(21)22/h2,4,6-7,10H,1,3,5,8-9H2,(H,21,22)/t10-,15+/m0/s1. The van der Waals surface area contributed by atoms with Crippen molar-refractivity contribution in [3.63, 3.8) is 0 Å². The Morgan fingerprint density at radius 2 is 2.23 bits per heavy atom. The van der Waals surface area contributed by atoms with Gasteiger partial charge in [0.1, 0.15) is 5.52 Å². The second kappa shape index (κ2) is 4.53. The van der Waals surface area contributed by atoms with Crippen molar-refractivity contribution >= 4 is 17.4 Å². The van der Waals surface area contributed by atoms with Gasteiger partial charge in [0.25, 0.3) is 5.91 Å². The average Bonchev–Trinajstić information content (AvgIpc) is 3.18. The van der Waals surface area contributed by atoms with Gasteiger partial charge in [0.05, 0.1) is 17.2 Å². The maximum atomic E-state index is 12.8. The summed E-state index contributed by atoms with van der Waals surface area (Å²) in [6, 6.07) is 3.54. The van der Waals surface area contributed by atoms with Crippen molar-refractivity contribution in [3.8, 4) is 0 Å². The van der Waals surface area contributed by atoms with Crippen molar-refractivity contribution in [1.29, 1.82) is 0 Å². The Morgan fingerprint density at radius 3 is 3.00 bits per heavy atom. The van der Waals surface area contributed by atoms with E-state index in [2.05, 4.69) is 10.2 Å². The number of aliphatic carboxylic acids is 1. The van der Waals surface area contributed by atoms with E-state index in [4.69, 9.17) is 0 Å². The number of fused-ring (bicyclic) bond motifs is 2. The van der Waals surface area contributed by atoms with Crippen LogP contribution < -0.4 is 0 Å². The molecule has 0 bridgehead atoms. The Hall–Kier alpha value is -2.44. The first-order valence-electron chi connectivity index (χ1n) is 7.43. The molecule has 22 heavy (non-hydrogen) atoms. The van der Waals surface area contributed by atoms with Gasteiger partial charge in [0.15, 0.2) is 0 Å². The zero-order valence-electron chi connectivity index (χ0n) is 12.0. The number of likely N-dealkylation sites (tertiary alicyclic amines) is 1. The molecule has 2 fully saturated rings. The smallest absolute Gasteiger partial charge is 0.311 e. The monoisotopic (exact) mass is 300 g/mol. The maximum Gasteiger partial charge on any atom is 0.311 e. The zero-order chi connectivity index (χ0) is 15.3. The van der Waals surface area contributed by atoms with Crippen molar-refractivity contribution in [2.24, 2.45) is 11.3 Å². The summed E-state index contributed by atoms with van der Waals surface area (Å²) in [5.41, 5.74) is 0.374. The molecule has 7 heteroatoms. The summed E-state index contributed by atoms with van der Waals surface area (Å²) in [6.45, 7) is 0.812. The Balaban J connectivity index is 1.66. The zero-order valence-corrected chi connectivity index (χ0v) is 12.0. The van der Waals surface area contributed by atoms with Gasteiger partial charge in [-0.3, -0.25) is 9.59 Å². The first-order valence-corrected chi connectivity index (χ1v) is 7.43. The quantitative estimate of drug-likeness (QED) is 0.896. The van der Waals surface area contributed by atoms with Gasteiger partial charge in [-0.25, -0.2) is 0 Å². The highest BCUT2D eigenvalue weighted by Crippen LogP contribution is 2.49. The highest BCUT2D eigenvalue weighted by atomic mass is 16.4. The number of carboxylic acids is 1. The third-order valence-corrected chi connectivity index (χ3v) is 5.12. The Morgan fingerprint density at radius 1 is 1.36 bits per heavy atom. The van der Waals surface area contributed by atoms with Crippen LogP contribution in [-0.2, 0) is 4.79 Å². The van der Waals surface area contributed by atoms with Gasteiger partial charge in [-0.05, 0) is 30.9 Å². The number of amides is 1. The molecule has 4 rings (SSSR count). The lowest BCUT2D eigenvalue weighted by Gasteiger charge is -2.23. The lowest BCUT2D eigenvalue weighted by Crippen LogP contribution is -2.37. The molecule has 2 atom stereocenters. The molecule has 0 unspecified atom stereocenters. The van der Waals surface area contributed by atoms with Crippen molar-refractivity contribution in [3.05, 3.63) is 30.1 Å². The van der Waals surface area contributed by atoms with E-state index >= 15 is 0 Å². The van der Waals surface area contributed by atoms with Gasteiger partial charge in [-0.15, -0.1) is 0 Å². The van der Waals surface area contributed by atoms with Crippen LogP contribution in [0.3, 0.4) is 0 Å². The fourth-order valence-corrected chi connectivity index (χ4v) is 3.96. The van der Waals surface area contributed by atoms with Crippen LogP contribution in [0.15, 0.2) is 24.5 Å². The van der Waals surface area contributed by atoms with Crippen LogP contribution in [0.5, 0.6) is 0 Å². The number of hydrogen-bond acceptors (Lipinski definition) is 4. The summed E-state index contributed by atoms with van der Waals surface area (Å²) in [5, 5.41) is 17.7. The number of carbonyl (C=O) groups excluding carboxylic acids is 1. The number of nitrogens with zero attached hydrogens (tertiary/aromatic N) is 4. The second-order valence-electron chi connectivity index (χ2n) is 6.19. The van der Waals surface area contributed by atoms with Crippen LogP contribution in [0.2, 0.25) is 0 Å². The molecule has 1 aliphatic carbocycles. The largest absolute Gasteiger partial charge is 0.481 e. The van der Waals surface area contributed by atoms with Gasteiger partial charge < -0.3 is 10.0 Å². The van der Waals surface area contributed by atoms with Crippen molar-refractivity contribution < 1.29 is 14.7 Å². The summed E-state index contributed by atoms with van der Waals surface area (Å²) in [6.07, 6.45) is 5.58. The molecule has 1 saturated carbocycles. The van der Waals surface area contributed by atoms with Crippen molar-refractivity contribution in [1.82, 2.24) is 19.7 Å². The summed E-state index contributed by atoms with van der Waals surface area (Å²) in [4.78, 5) is 26.1. The van der Waals surface area contributed by atoms with E-state index in [9.17, 15) is 14.7 Å². The van der Waals surface area contributed by atoms with E-state index in [1.807, 2.05) is 0 Å². The minimum absolute atomic E-state index is 0.0638. The predicted octanol–water partition coefficient (Wildman–Crippen LogP) is 1.06. The summed E-state index contributed by atoms with van der Waals surface area (Å²) in [7, 11) is 0. The van der Waals surface area contributed by atoms with E-state index in [1.54, 1.807) is 23.2 Å². The third-order valence-electron chi connectivity index (χ3n) is 5.12. The Kier molecular flexibility index (Phi) is 2.72. The van der Waals surface area contributed by atoms with E-state index in [0.29, 0.717) is 30.6 Å². The molecule has 3 heterocycles. The molecular formula is C15H16N4O3. The minimum Gasteiger partial charge on any atom is -0.481 e. The van der Waals surface area contributed by atoms with E-state index in [1.165, 1.54) is 10.8 Å². The fourth-order valence-electron chi connectivity index (χ4n) is 3.96. The predicted molar refractivity (Wildman–Crippen MR) is 76.3 cm³/mol. The minimum atomic E-state index is -0.771. The molecule has 1 amide bonds. The van der Waals surface area contributed by atoms with Crippen LogP contribution in [0.1, 0.15) is 29.6 Å². The Bertz CT molecular complexity index is 771. The highest BCUT2D eigenvalue weighted by molar-refractivity contribution is 6.01. The van der Waals surface area contributed by atoms with Gasteiger partial charge in [0.2, 0.25) is 0 Å². The number of hydrogen-bond donors (Lipinski definition) is 1. The second-order valence-corrected chi connectivity index (χ2v) is 6.19. The number of carbonyl (C=O) groups is 2. The summed E-state index contributed by atoms with van der Waals surface area (Å²) >= 11 is 0. The lowest BCUT2D eigenvalue weighted by atomic mass is 9.81. The fraction of sp³-hybridized carbons (Fsp3) is 0.467. The van der Waals surface area contributed by atoms with Crippen LogP contribution in [0.4, 0.5) is 0 Å². The van der Waals surface area contributed by atoms with Crippen molar-refractivity contribution in [2.45, 2.75) is 19.3 Å². The first kappa shape index (κ1) is 13.2. The van der Waals surface area contributed by atoms with E-state index in [0.717, 1.165) is 12.8 Å². The molecule has 2 aromatic heterocycles. The maximum absolute atomic E-state index is 12.8. The average molecular weight is 300 g/mol.